The van der Waals surface area contributed by atoms with Gasteiger partial charge in [-0.05, 0) is 50.5 Å². The maximum Gasteiger partial charge on any atom is 0.272 e. The third-order valence-electron chi connectivity index (χ3n) is 4.59. The molecule has 4 aromatic rings. The number of nitrogens with one attached hydrogen (secondary N) is 2. The van der Waals surface area contributed by atoms with Crippen LogP contribution in [0.4, 0.5) is 5.69 Å². The lowest BCUT2D eigenvalue weighted by Gasteiger charge is -2.11. The molecule has 0 bridgehead atoms. The molecule has 0 radical (unpaired) electrons. The summed E-state index contributed by atoms with van der Waals surface area (Å²) >= 11 is 0. The number of carbonyl (C=O) groups excluding carboxylic acids is 1. The number of nitrogens with zero attached hydrogens (tertiary/aromatic N) is 2. The summed E-state index contributed by atoms with van der Waals surface area (Å²) in [5, 5.41) is 5.14. The Bertz CT molecular complexity index is 1040. The van der Waals surface area contributed by atoms with Crippen molar-refractivity contribution < 1.29 is 4.79 Å². The largest absolute Gasteiger partial charge is 0.351 e. The Hall–Kier alpha value is -3.05. The van der Waals surface area contributed by atoms with Gasteiger partial charge in [0.1, 0.15) is 5.69 Å². The van der Waals surface area contributed by atoms with Crippen LogP contribution in [0.5, 0.6) is 0 Å². The number of carbonyl (C=O) groups is 1. The van der Waals surface area contributed by atoms with Gasteiger partial charge in [-0.2, -0.15) is 0 Å². The van der Waals surface area contributed by atoms with Crippen LogP contribution in [0.2, 0.25) is 0 Å². The van der Waals surface area contributed by atoms with Crippen LogP contribution >= 0.6 is 0 Å². The number of fused-ring (bicyclic) bond motifs is 2. The third-order valence-corrected chi connectivity index (χ3v) is 4.59. The van der Waals surface area contributed by atoms with Crippen molar-refractivity contribution in [3.63, 3.8) is 0 Å². The van der Waals surface area contributed by atoms with Gasteiger partial charge in [-0.1, -0.05) is 18.2 Å². The molecule has 2 aromatic heterocycles. The van der Waals surface area contributed by atoms with Crippen molar-refractivity contribution in [3.05, 3.63) is 66.5 Å². The molecular weight excluding hydrogens is 324 g/mol. The van der Waals surface area contributed by atoms with Gasteiger partial charge in [0.2, 0.25) is 0 Å². The van der Waals surface area contributed by atoms with Crippen LogP contribution < -0.4 is 5.32 Å². The highest BCUT2D eigenvalue weighted by Gasteiger charge is 2.10. The summed E-state index contributed by atoms with van der Waals surface area (Å²) in [6, 6.07) is 17.9. The number of aromatic nitrogens is 2. The molecule has 2 N–H and O–H groups in total. The Labute approximate surface area is 152 Å². The van der Waals surface area contributed by atoms with E-state index in [9.17, 15) is 4.79 Å². The lowest BCUT2D eigenvalue weighted by Crippen LogP contribution is -2.17. The van der Waals surface area contributed by atoms with E-state index < -0.39 is 0 Å². The summed E-state index contributed by atoms with van der Waals surface area (Å²) in [6.07, 6.45) is 2.09. The molecule has 0 aliphatic heterocycles. The number of amides is 1. The van der Waals surface area contributed by atoms with Crippen molar-refractivity contribution in [3.8, 4) is 0 Å². The zero-order valence-electron chi connectivity index (χ0n) is 15.0. The smallest absolute Gasteiger partial charge is 0.272 e. The molecular formula is C21H22N4O. The Kier molecular flexibility index (Phi) is 4.22. The number of hydrogen-bond donors (Lipinski definition) is 2. The van der Waals surface area contributed by atoms with Crippen molar-refractivity contribution in [1.29, 1.82) is 0 Å². The molecule has 0 atom stereocenters. The average Bonchev–Trinajstić information content (AvgIpc) is 3.23. The quantitative estimate of drug-likeness (QED) is 0.575. The van der Waals surface area contributed by atoms with Crippen LogP contribution in [0.15, 0.2) is 60.8 Å². The van der Waals surface area contributed by atoms with Crippen LogP contribution in [-0.2, 0) is 6.54 Å². The van der Waals surface area contributed by atoms with Crippen molar-refractivity contribution in [2.24, 2.45) is 0 Å². The van der Waals surface area contributed by atoms with E-state index in [-0.39, 0.29) is 5.91 Å². The minimum atomic E-state index is -0.132. The minimum absolute atomic E-state index is 0.132. The lowest BCUT2D eigenvalue weighted by molar-refractivity contribution is 0.102. The number of H-pyrrole nitrogens is 1. The highest BCUT2D eigenvalue weighted by molar-refractivity contribution is 6.06. The van der Waals surface area contributed by atoms with Crippen LogP contribution in [0.1, 0.15) is 10.5 Å². The Morgan fingerprint density at radius 1 is 1.08 bits per heavy atom. The van der Waals surface area contributed by atoms with E-state index in [4.69, 9.17) is 0 Å². The van der Waals surface area contributed by atoms with Crippen molar-refractivity contribution in [2.45, 2.75) is 6.54 Å². The average molecular weight is 346 g/mol. The van der Waals surface area contributed by atoms with E-state index in [1.807, 2.05) is 42.5 Å². The number of benzene rings is 2. The zero-order valence-corrected chi connectivity index (χ0v) is 15.0. The predicted molar refractivity (Wildman–Crippen MR) is 107 cm³/mol. The fraction of sp³-hybridized carbons (Fsp3) is 0.190. The van der Waals surface area contributed by atoms with Crippen molar-refractivity contribution in [1.82, 2.24) is 14.5 Å². The van der Waals surface area contributed by atoms with Gasteiger partial charge >= 0.3 is 0 Å². The first-order chi connectivity index (χ1) is 12.6. The van der Waals surface area contributed by atoms with E-state index >= 15 is 0 Å². The highest BCUT2D eigenvalue weighted by atomic mass is 16.1. The summed E-state index contributed by atoms with van der Waals surface area (Å²) in [4.78, 5) is 17.9. The SMILES string of the molecule is CN(C)CCn1ccc2cc(NC(=O)c3cc4ccccc4[nH]3)ccc21. The van der Waals surface area contributed by atoms with Crippen LogP contribution in [0, 0.1) is 0 Å². The van der Waals surface area contributed by atoms with Gasteiger partial charge < -0.3 is 19.8 Å². The summed E-state index contributed by atoms with van der Waals surface area (Å²) in [5.74, 6) is -0.132. The molecule has 0 saturated heterocycles. The van der Waals surface area contributed by atoms with Gasteiger partial charge in [-0.3, -0.25) is 4.79 Å². The normalized spacial score (nSPS) is 11.5. The van der Waals surface area contributed by atoms with Crippen LogP contribution in [0.3, 0.4) is 0 Å². The van der Waals surface area contributed by atoms with Crippen molar-refractivity contribution in [2.75, 3.05) is 26.0 Å². The second-order valence-electron chi connectivity index (χ2n) is 6.81. The molecule has 0 fully saturated rings. The molecule has 5 nitrogen and oxygen atoms in total. The monoisotopic (exact) mass is 346 g/mol. The second-order valence-corrected chi connectivity index (χ2v) is 6.81. The fourth-order valence-corrected chi connectivity index (χ4v) is 3.17. The number of aromatic amines is 1. The van der Waals surface area contributed by atoms with Gasteiger partial charge in [-0.25, -0.2) is 0 Å². The summed E-state index contributed by atoms with van der Waals surface area (Å²) in [6.45, 7) is 1.93. The molecule has 4 rings (SSSR count). The van der Waals surface area contributed by atoms with E-state index in [0.29, 0.717) is 5.69 Å². The predicted octanol–water partition coefficient (Wildman–Crippen LogP) is 3.94. The summed E-state index contributed by atoms with van der Waals surface area (Å²) in [7, 11) is 4.15. The van der Waals surface area contributed by atoms with Gasteiger partial charge in [0.05, 0.1) is 0 Å². The van der Waals surface area contributed by atoms with E-state index in [2.05, 4.69) is 52.2 Å². The maximum absolute atomic E-state index is 12.5. The molecule has 1 amide bonds. The van der Waals surface area contributed by atoms with E-state index in [1.165, 1.54) is 5.52 Å². The molecule has 2 aromatic carbocycles. The number of para-hydroxylation sites is 1. The summed E-state index contributed by atoms with van der Waals surface area (Å²) in [5.41, 5.74) is 3.50. The number of anilines is 1. The molecule has 0 spiro atoms. The Morgan fingerprint density at radius 2 is 1.92 bits per heavy atom. The molecule has 5 heteroatoms. The standard InChI is InChI=1S/C21H22N4O/c1-24(2)11-12-25-10-9-16-13-17(7-8-20(16)25)22-21(26)19-14-15-5-3-4-6-18(15)23-19/h3-10,13-14,23H,11-12H2,1-2H3,(H,22,26). The first kappa shape index (κ1) is 16.4. The van der Waals surface area contributed by atoms with E-state index in [0.717, 1.165) is 35.1 Å². The van der Waals surface area contributed by atoms with Gasteiger partial charge in [0, 0.05) is 46.8 Å². The first-order valence-electron chi connectivity index (χ1n) is 8.73. The second kappa shape index (κ2) is 6.69. The Morgan fingerprint density at radius 3 is 2.73 bits per heavy atom. The number of rotatable bonds is 5. The molecule has 0 aliphatic carbocycles. The topological polar surface area (TPSA) is 53.1 Å². The van der Waals surface area contributed by atoms with Gasteiger partial charge in [0.15, 0.2) is 0 Å². The fourth-order valence-electron chi connectivity index (χ4n) is 3.17. The first-order valence-corrected chi connectivity index (χ1v) is 8.73. The molecule has 0 aliphatic rings. The van der Waals surface area contributed by atoms with Gasteiger partial charge in [0.25, 0.3) is 5.91 Å². The highest BCUT2D eigenvalue weighted by Crippen LogP contribution is 2.22. The van der Waals surface area contributed by atoms with Crippen LogP contribution in [-0.4, -0.2) is 41.0 Å². The molecule has 26 heavy (non-hydrogen) atoms. The summed E-state index contributed by atoms with van der Waals surface area (Å²) < 4.78 is 2.23. The van der Waals surface area contributed by atoms with E-state index in [1.54, 1.807) is 0 Å². The number of likely N-dealkylation sites (N-methyl/N-ethyl adjacent to an activating group) is 1. The number of hydrogen-bond acceptors (Lipinski definition) is 2. The lowest BCUT2D eigenvalue weighted by atomic mass is 10.2. The van der Waals surface area contributed by atoms with Gasteiger partial charge in [-0.15, -0.1) is 0 Å². The Balaban J connectivity index is 1.54. The van der Waals surface area contributed by atoms with Crippen molar-refractivity contribution >= 4 is 33.4 Å². The maximum atomic E-state index is 12.5. The molecule has 0 unspecified atom stereocenters. The zero-order chi connectivity index (χ0) is 18.1. The molecule has 0 saturated carbocycles. The molecule has 132 valence electrons. The molecule has 2 heterocycles. The minimum Gasteiger partial charge on any atom is -0.351 e. The third kappa shape index (κ3) is 3.21. The van der Waals surface area contributed by atoms with Crippen LogP contribution in [0.25, 0.3) is 21.8 Å².